The third-order valence-corrected chi connectivity index (χ3v) is 2.49. The molecule has 15 heavy (non-hydrogen) atoms. The molecule has 4 nitrogen and oxygen atoms in total. The number of aromatic nitrogens is 1. The van der Waals surface area contributed by atoms with Crippen molar-refractivity contribution in [2.75, 3.05) is 13.1 Å². The molecule has 1 amide bonds. The van der Waals surface area contributed by atoms with Gasteiger partial charge in [0.2, 0.25) is 0 Å². The number of hydrogen-bond acceptors (Lipinski definition) is 4. The summed E-state index contributed by atoms with van der Waals surface area (Å²) in [6.45, 7) is 2.97. The van der Waals surface area contributed by atoms with Crippen LogP contribution in [0.15, 0.2) is 10.9 Å². The van der Waals surface area contributed by atoms with Crippen molar-refractivity contribution in [3.8, 4) is 0 Å². The molecule has 1 aromatic heterocycles. The summed E-state index contributed by atoms with van der Waals surface area (Å²) in [6, 6.07) is 0. The van der Waals surface area contributed by atoms with E-state index in [1.165, 1.54) is 11.3 Å². The highest BCUT2D eigenvalue weighted by Gasteiger charge is 2.16. The third-order valence-electron chi connectivity index (χ3n) is 1.78. The molecule has 1 aromatic rings. The predicted octanol–water partition coefficient (Wildman–Crippen LogP) is 1.28. The van der Waals surface area contributed by atoms with Gasteiger partial charge in [0.15, 0.2) is 0 Å². The molecule has 0 aromatic carbocycles. The highest BCUT2D eigenvalue weighted by atomic mass is 32.1. The second-order valence-corrected chi connectivity index (χ2v) is 4.31. The van der Waals surface area contributed by atoms with Crippen molar-refractivity contribution < 1.29 is 4.79 Å². The molecule has 6 heteroatoms. The molecule has 0 bridgehead atoms. The van der Waals surface area contributed by atoms with Crippen LogP contribution in [0.2, 0.25) is 0 Å². The van der Waals surface area contributed by atoms with Crippen LogP contribution in [0, 0.1) is 0 Å². The van der Waals surface area contributed by atoms with Gasteiger partial charge in [-0.25, -0.2) is 4.98 Å². The standard InChI is InChI=1S/C9H13N3OS2/c1-2-3-12(4-8(10)14)9(13)7-5-15-6-11-7/h5-6H,2-4H2,1H3,(H2,10,14). The highest BCUT2D eigenvalue weighted by molar-refractivity contribution is 7.80. The Balaban J connectivity index is 2.71. The van der Waals surface area contributed by atoms with Gasteiger partial charge in [0.1, 0.15) is 5.69 Å². The van der Waals surface area contributed by atoms with Gasteiger partial charge < -0.3 is 10.6 Å². The first-order valence-electron chi connectivity index (χ1n) is 4.61. The van der Waals surface area contributed by atoms with Crippen LogP contribution in [0.4, 0.5) is 0 Å². The molecule has 0 aliphatic heterocycles. The number of hydrogen-bond donors (Lipinski definition) is 1. The molecule has 0 unspecified atom stereocenters. The number of carbonyl (C=O) groups is 1. The van der Waals surface area contributed by atoms with Crippen molar-refractivity contribution in [1.29, 1.82) is 0 Å². The Hall–Kier alpha value is -1.01. The zero-order valence-corrected chi connectivity index (χ0v) is 10.1. The van der Waals surface area contributed by atoms with Crippen LogP contribution in [0.3, 0.4) is 0 Å². The summed E-state index contributed by atoms with van der Waals surface area (Å²) in [6.07, 6.45) is 0.874. The van der Waals surface area contributed by atoms with Gasteiger partial charge in [0, 0.05) is 11.9 Å². The number of rotatable bonds is 5. The smallest absolute Gasteiger partial charge is 0.273 e. The number of amides is 1. The summed E-state index contributed by atoms with van der Waals surface area (Å²) < 4.78 is 0. The van der Waals surface area contributed by atoms with Crippen LogP contribution < -0.4 is 5.73 Å². The second-order valence-electron chi connectivity index (χ2n) is 3.07. The maximum atomic E-state index is 11.9. The van der Waals surface area contributed by atoms with E-state index in [1.54, 1.807) is 15.8 Å². The molecule has 0 saturated carbocycles. The molecule has 1 heterocycles. The molecule has 82 valence electrons. The number of carbonyl (C=O) groups excluding carboxylic acids is 1. The zero-order valence-electron chi connectivity index (χ0n) is 8.47. The van der Waals surface area contributed by atoms with Gasteiger partial charge in [-0.2, -0.15) is 0 Å². The Morgan fingerprint density at radius 2 is 2.47 bits per heavy atom. The van der Waals surface area contributed by atoms with Crippen LogP contribution in [-0.2, 0) is 0 Å². The lowest BCUT2D eigenvalue weighted by Crippen LogP contribution is -2.38. The lowest BCUT2D eigenvalue weighted by molar-refractivity contribution is 0.0775. The van der Waals surface area contributed by atoms with Crippen LogP contribution in [0.1, 0.15) is 23.8 Å². The fourth-order valence-corrected chi connectivity index (χ4v) is 1.87. The van der Waals surface area contributed by atoms with Gasteiger partial charge in [0.05, 0.1) is 17.0 Å². The first-order chi connectivity index (χ1) is 7.15. The molecular weight excluding hydrogens is 230 g/mol. The fraction of sp³-hybridized carbons (Fsp3) is 0.444. The molecule has 0 aliphatic carbocycles. The largest absolute Gasteiger partial charge is 0.392 e. The van der Waals surface area contributed by atoms with Gasteiger partial charge in [-0.3, -0.25) is 4.79 Å². The van der Waals surface area contributed by atoms with Crippen LogP contribution in [-0.4, -0.2) is 33.9 Å². The van der Waals surface area contributed by atoms with Gasteiger partial charge in [-0.05, 0) is 6.42 Å². The van der Waals surface area contributed by atoms with Crippen LogP contribution in [0.25, 0.3) is 0 Å². The maximum Gasteiger partial charge on any atom is 0.273 e. The van der Waals surface area contributed by atoms with Crippen molar-refractivity contribution in [2.24, 2.45) is 5.73 Å². The van der Waals surface area contributed by atoms with Crippen molar-refractivity contribution in [3.63, 3.8) is 0 Å². The molecule has 0 fully saturated rings. The minimum Gasteiger partial charge on any atom is -0.392 e. The van der Waals surface area contributed by atoms with Crippen molar-refractivity contribution in [1.82, 2.24) is 9.88 Å². The molecule has 0 atom stereocenters. The van der Waals surface area contributed by atoms with Gasteiger partial charge in [-0.1, -0.05) is 19.1 Å². The number of nitrogens with two attached hydrogens (primary N) is 1. The van der Waals surface area contributed by atoms with E-state index < -0.39 is 0 Å². The predicted molar refractivity (Wildman–Crippen MR) is 65.1 cm³/mol. The van der Waals surface area contributed by atoms with Gasteiger partial charge >= 0.3 is 0 Å². The van der Waals surface area contributed by atoms with Crippen LogP contribution in [0.5, 0.6) is 0 Å². The SMILES string of the molecule is CCCN(CC(N)=S)C(=O)c1cscn1. The maximum absolute atomic E-state index is 11.9. The van der Waals surface area contributed by atoms with E-state index in [4.69, 9.17) is 18.0 Å². The average Bonchev–Trinajstić information content (AvgIpc) is 2.68. The minimum atomic E-state index is -0.106. The highest BCUT2D eigenvalue weighted by Crippen LogP contribution is 2.06. The average molecular weight is 243 g/mol. The monoisotopic (exact) mass is 243 g/mol. The molecule has 0 spiro atoms. The lowest BCUT2D eigenvalue weighted by Gasteiger charge is -2.20. The molecule has 2 N–H and O–H groups in total. The topological polar surface area (TPSA) is 59.2 Å². The fourth-order valence-electron chi connectivity index (χ4n) is 1.19. The van der Waals surface area contributed by atoms with E-state index in [0.29, 0.717) is 23.8 Å². The van der Waals surface area contributed by atoms with E-state index in [2.05, 4.69) is 4.98 Å². The number of thiocarbonyl (C=S) groups is 1. The summed E-state index contributed by atoms with van der Waals surface area (Å²) in [7, 11) is 0. The van der Waals surface area contributed by atoms with E-state index in [-0.39, 0.29) is 5.91 Å². The molecular formula is C9H13N3OS2. The number of nitrogens with zero attached hydrogens (tertiary/aromatic N) is 2. The second kappa shape index (κ2) is 5.77. The van der Waals surface area contributed by atoms with E-state index >= 15 is 0 Å². The van der Waals surface area contributed by atoms with E-state index in [0.717, 1.165) is 6.42 Å². The Bertz CT molecular complexity index is 337. The molecule has 0 radical (unpaired) electrons. The zero-order chi connectivity index (χ0) is 11.3. The quantitative estimate of drug-likeness (QED) is 0.791. The van der Waals surface area contributed by atoms with Crippen molar-refractivity contribution >= 4 is 34.5 Å². The summed E-state index contributed by atoms with van der Waals surface area (Å²) >= 11 is 6.20. The van der Waals surface area contributed by atoms with Crippen LogP contribution >= 0.6 is 23.6 Å². The normalized spacial score (nSPS) is 9.93. The van der Waals surface area contributed by atoms with E-state index in [9.17, 15) is 4.79 Å². The molecule has 0 saturated heterocycles. The molecule has 1 rings (SSSR count). The summed E-state index contributed by atoms with van der Waals surface area (Å²) in [5, 5.41) is 1.73. The summed E-state index contributed by atoms with van der Waals surface area (Å²) in [5.74, 6) is -0.106. The Labute approximate surface area is 98.1 Å². The Morgan fingerprint density at radius 1 is 1.73 bits per heavy atom. The first kappa shape index (κ1) is 12.1. The van der Waals surface area contributed by atoms with Crippen molar-refractivity contribution in [2.45, 2.75) is 13.3 Å². The summed E-state index contributed by atoms with van der Waals surface area (Å²) in [4.78, 5) is 17.8. The van der Waals surface area contributed by atoms with Crippen molar-refractivity contribution in [3.05, 3.63) is 16.6 Å². The van der Waals surface area contributed by atoms with Gasteiger partial charge in [-0.15, -0.1) is 11.3 Å². The summed E-state index contributed by atoms with van der Waals surface area (Å²) in [5.41, 5.74) is 7.53. The Kier molecular flexibility index (Phi) is 4.64. The third kappa shape index (κ3) is 3.56. The number of thiazole rings is 1. The Morgan fingerprint density at radius 3 is 2.93 bits per heavy atom. The van der Waals surface area contributed by atoms with E-state index in [1.807, 2.05) is 6.92 Å². The van der Waals surface area contributed by atoms with Gasteiger partial charge in [0.25, 0.3) is 5.91 Å². The minimum absolute atomic E-state index is 0.106. The lowest BCUT2D eigenvalue weighted by atomic mass is 10.3. The first-order valence-corrected chi connectivity index (χ1v) is 5.96. The molecule has 0 aliphatic rings.